The number of hydrogen-bond donors (Lipinski definition) is 1. The van der Waals surface area contributed by atoms with Crippen LogP contribution < -0.4 is 5.32 Å². The van der Waals surface area contributed by atoms with Crippen LogP contribution >= 0.6 is 35.0 Å². The molecule has 34 heavy (non-hydrogen) atoms. The predicted octanol–water partition coefficient (Wildman–Crippen LogP) is 6.50. The van der Waals surface area contributed by atoms with E-state index in [-0.39, 0.29) is 12.5 Å². The van der Waals surface area contributed by atoms with Gasteiger partial charge in [-0.3, -0.25) is 9.36 Å². The molecule has 4 rings (SSSR count). The van der Waals surface area contributed by atoms with Gasteiger partial charge in [0.25, 0.3) is 0 Å². The summed E-state index contributed by atoms with van der Waals surface area (Å²) >= 11 is 14.3. The standard InChI is InChI=1S/C26H22Cl2N4OS/c1-18-7-5-6-10-20(18)17-34-26-31-30-24(32(26)23-15-21(27)12-13-22(23)28)16-29-25(33)14-11-19-8-3-2-4-9-19/h2-15H,16-17H2,1H3,(H,29,33)/b14-11+. The van der Waals surface area contributed by atoms with Gasteiger partial charge in [0.1, 0.15) is 0 Å². The minimum atomic E-state index is -0.232. The van der Waals surface area contributed by atoms with E-state index in [1.165, 1.54) is 17.2 Å². The van der Waals surface area contributed by atoms with Crippen molar-refractivity contribution < 1.29 is 4.79 Å². The average Bonchev–Trinajstić information content (AvgIpc) is 3.25. The van der Waals surface area contributed by atoms with Crippen LogP contribution in [0.4, 0.5) is 0 Å². The van der Waals surface area contributed by atoms with Gasteiger partial charge in [0, 0.05) is 16.9 Å². The number of aromatic nitrogens is 3. The predicted molar refractivity (Wildman–Crippen MR) is 139 cm³/mol. The Kier molecular flexibility index (Phi) is 8.06. The molecular formula is C26H22Cl2N4OS. The molecule has 0 spiro atoms. The van der Waals surface area contributed by atoms with Crippen LogP contribution in [0, 0.1) is 6.92 Å². The Morgan fingerprint density at radius 1 is 1.03 bits per heavy atom. The number of carbonyl (C=O) groups excluding carboxylic acids is 1. The first-order valence-electron chi connectivity index (χ1n) is 10.6. The third-order valence-corrected chi connectivity index (χ3v) is 6.65. The molecule has 0 saturated heterocycles. The lowest BCUT2D eigenvalue weighted by atomic mass is 10.1. The smallest absolute Gasteiger partial charge is 0.244 e. The fourth-order valence-corrected chi connectivity index (χ4v) is 4.69. The Morgan fingerprint density at radius 2 is 1.79 bits per heavy atom. The highest BCUT2D eigenvalue weighted by Crippen LogP contribution is 2.31. The van der Waals surface area contributed by atoms with Gasteiger partial charge in [-0.2, -0.15) is 0 Å². The second-order valence-electron chi connectivity index (χ2n) is 7.51. The monoisotopic (exact) mass is 508 g/mol. The first-order valence-corrected chi connectivity index (χ1v) is 12.3. The van der Waals surface area contributed by atoms with Crippen molar-refractivity contribution in [1.82, 2.24) is 20.1 Å². The van der Waals surface area contributed by atoms with Crippen molar-refractivity contribution in [3.63, 3.8) is 0 Å². The van der Waals surface area contributed by atoms with E-state index in [9.17, 15) is 4.79 Å². The van der Waals surface area contributed by atoms with E-state index in [0.29, 0.717) is 26.7 Å². The van der Waals surface area contributed by atoms with E-state index in [1.807, 2.05) is 47.0 Å². The van der Waals surface area contributed by atoms with Gasteiger partial charge in [-0.05, 0) is 47.9 Å². The number of aryl methyl sites for hydroxylation is 1. The van der Waals surface area contributed by atoms with Crippen LogP contribution in [-0.4, -0.2) is 20.7 Å². The third kappa shape index (κ3) is 6.08. The molecule has 1 N–H and O–H groups in total. The Hall–Kier alpha value is -3.06. The number of halogens is 2. The van der Waals surface area contributed by atoms with E-state index in [0.717, 1.165) is 11.3 Å². The van der Waals surface area contributed by atoms with E-state index in [2.05, 4.69) is 34.6 Å². The minimum absolute atomic E-state index is 0.179. The zero-order chi connectivity index (χ0) is 23.9. The van der Waals surface area contributed by atoms with Crippen LogP contribution in [0.5, 0.6) is 0 Å². The topological polar surface area (TPSA) is 59.8 Å². The Balaban J connectivity index is 1.56. The largest absolute Gasteiger partial charge is 0.345 e. The van der Waals surface area contributed by atoms with Crippen molar-refractivity contribution in [2.45, 2.75) is 24.4 Å². The van der Waals surface area contributed by atoms with Crippen molar-refractivity contribution in [2.24, 2.45) is 0 Å². The molecule has 0 saturated carbocycles. The fourth-order valence-electron chi connectivity index (χ4n) is 3.28. The molecule has 0 bridgehead atoms. The molecule has 8 heteroatoms. The quantitative estimate of drug-likeness (QED) is 0.218. The molecular weight excluding hydrogens is 487 g/mol. The van der Waals surface area contributed by atoms with E-state index in [1.54, 1.807) is 36.0 Å². The fraction of sp³-hybridized carbons (Fsp3) is 0.115. The van der Waals surface area contributed by atoms with Crippen molar-refractivity contribution in [2.75, 3.05) is 0 Å². The maximum Gasteiger partial charge on any atom is 0.244 e. The Bertz CT molecular complexity index is 1320. The zero-order valence-corrected chi connectivity index (χ0v) is 20.7. The highest BCUT2D eigenvalue weighted by molar-refractivity contribution is 7.98. The van der Waals surface area contributed by atoms with Crippen molar-refractivity contribution in [1.29, 1.82) is 0 Å². The molecule has 0 aliphatic heterocycles. The number of benzene rings is 3. The molecule has 0 aliphatic rings. The summed E-state index contributed by atoms with van der Waals surface area (Å²) in [6.45, 7) is 2.26. The summed E-state index contributed by atoms with van der Waals surface area (Å²) in [5, 5.41) is 13.3. The summed E-state index contributed by atoms with van der Waals surface area (Å²) < 4.78 is 1.85. The average molecular weight is 509 g/mol. The number of amides is 1. The molecule has 0 unspecified atom stereocenters. The number of carbonyl (C=O) groups is 1. The second-order valence-corrected chi connectivity index (χ2v) is 9.29. The van der Waals surface area contributed by atoms with Gasteiger partial charge in [-0.1, -0.05) is 89.6 Å². The highest BCUT2D eigenvalue weighted by atomic mass is 35.5. The third-order valence-electron chi connectivity index (χ3n) is 5.11. The lowest BCUT2D eigenvalue weighted by Crippen LogP contribution is -2.22. The molecule has 0 radical (unpaired) electrons. The minimum Gasteiger partial charge on any atom is -0.345 e. The van der Waals surface area contributed by atoms with Crippen LogP contribution in [0.1, 0.15) is 22.5 Å². The summed E-state index contributed by atoms with van der Waals surface area (Å²) in [5.41, 5.74) is 4.02. The first-order chi connectivity index (χ1) is 16.5. The first kappa shape index (κ1) is 24.1. The molecule has 1 amide bonds. The van der Waals surface area contributed by atoms with Gasteiger partial charge in [0.05, 0.1) is 17.3 Å². The van der Waals surface area contributed by atoms with Crippen molar-refractivity contribution in [3.05, 3.63) is 111 Å². The molecule has 0 aliphatic carbocycles. The summed E-state index contributed by atoms with van der Waals surface area (Å²) in [6.07, 6.45) is 3.26. The van der Waals surface area contributed by atoms with E-state index >= 15 is 0 Å². The second kappa shape index (κ2) is 11.4. The summed E-state index contributed by atoms with van der Waals surface area (Å²) in [5.74, 6) is 1.04. The van der Waals surface area contributed by atoms with Crippen molar-refractivity contribution >= 4 is 46.9 Å². The van der Waals surface area contributed by atoms with E-state index < -0.39 is 0 Å². The number of nitrogens with one attached hydrogen (secondary N) is 1. The Morgan fingerprint density at radius 3 is 2.59 bits per heavy atom. The number of hydrogen-bond acceptors (Lipinski definition) is 4. The van der Waals surface area contributed by atoms with Crippen LogP contribution in [0.15, 0.2) is 84.0 Å². The maximum atomic E-state index is 12.4. The number of nitrogens with zero attached hydrogens (tertiary/aromatic N) is 3. The van der Waals surface area contributed by atoms with Crippen LogP contribution in [0.25, 0.3) is 11.8 Å². The SMILES string of the molecule is Cc1ccccc1CSc1nnc(CNC(=O)/C=C/c2ccccc2)n1-c1cc(Cl)ccc1Cl. The summed E-state index contributed by atoms with van der Waals surface area (Å²) in [6, 6.07) is 23.1. The highest BCUT2D eigenvalue weighted by Gasteiger charge is 2.18. The summed E-state index contributed by atoms with van der Waals surface area (Å²) in [7, 11) is 0. The molecule has 4 aromatic rings. The van der Waals surface area contributed by atoms with Gasteiger partial charge in [-0.25, -0.2) is 0 Å². The maximum absolute atomic E-state index is 12.4. The van der Waals surface area contributed by atoms with Crippen molar-refractivity contribution in [3.8, 4) is 5.69 Å². The van der Waals surface area contributed by atoms with Crippen LogP contribution in [0.2, 0.25) is 10.0 Å². The van der Waals surface area contributed by atoms with Crippen LogP contribution in [-0.2, 0) is 17.1 Å². The molecule has 3 aromatic carbocycles. The molecule has 0 atom stereocenters. The van der Waals surface area contributed by atoms with Gasteiger partial charge < -0.3 is 5.32 Å². The molecule has 5 nitrogen and oxygen atoms in total. The Labute approximate surface area is 212 Å². The van der Waals surface area contributed by atoms with Gasteiger partial charge in [0.15, 0.2) is 11.0 Å². The lowest BCUT2D eigenvalue weighted by molar-refractivity contribution is -0.116. The lowest BCUT2D eigenvalue weighted by Gasteiger charge is -2.13. The zero-order valence-electron chi connectivity index (χ0n) is 18.4. The number of rotatable bonds is 8. The summed E-state index contributed by atoms with van der Waals surface area (Å²) in [4.78, 5) is 12.4. The van der Waals surface area contributed by atoms with E-state index in [4.69, 9.17) is 23.2 Å². The molecule has 1 aromatic heterocycles. The van der Waals surface area contributed by atoms with Gasteiger partial charge in [-0.15, -0.1) is 10.2 Å². The molecule has 0 fully saturated rings. The van der Waals surface area contributed by atoms with Crippen LogP contribution in [0.3, 0.4) is 0 Å². The molecule has 1 heterocycles. The number of thioether (sulfide) groups is 1. The van der Waals surface area contributed by atoms with Gasteiger partial charge in [0.2, 0.25) is 5.91 Å². The normalized spacial score (nSPS) is 11.1. The van der Waals surface area contributed by atoms with Gasteiger partial charge >= 0.3 is 0 Å². The molecule has 172 valence electrons.